The Morgan fingerprint density at radius 2 is 1.85 bits per heavy atom. The van der Waals surface area contributed by atoms with E-state index >= 15 is 0 Å². The first-order valence-corrected chi connectivity index (χ1v) is 7.60. The maximum atomic E-state index is 5.78. The standard InChI is InChI=1S/C16H17BrN2S/c1-10-3-8-14(16(18)20)15(9-10)19-11(2)12-4-6-13(17)7-5-12/h3-9,11,19H,1-2H3,(H2,18,20). The van der Waals surface area contributed by atoms with E-state index < -0.39 is 0 Å². The van der Waals surface area contributed by atoms with E-state index in [1.54, 1.807) is 0 Å². The fourth-order valence-electron chi connectivity index (χ4n) is 2.06. The summed E-state index contributed by atoms with van der Waals surface area (Å²) in [5.74, 6) is 0. The number of hydrogen-bond acceptors (Lipinski definition) is 2. The van der Waals surface area contributed by atoms with Gasteiger partial charge in [0, 0.05) is 21.8 Å². The lowest BCUT2D eigenvalue weighted by atomic mass is 10.1. The molecule has 0 heterocycles. The summed E-state index contributed by atoms with van der Waals surface area (Å²) in [4.78, 5) is 0.413. The molecule has 20 heavy (non-hydrogen) atoms. The summed E-state index contributed by atoms with van der Waals surface area (Å²) < 4.78 is 1.08. The molecule has 4 heteroatoms. The highest BCUT2D eigenvalue weighted by Crippen LogP contribution is 2.24. The number of hydrogen-bond donors (Lipinski definition) is 2. The number of aryl methyl sites for hydroxylation is 1. The van der Waals surface area contributed by atoms with E-state index in [1.807, 2.05) is 24.3 Å². The third-order valence-corrected chi connectivity index (χ3v) is 3.93. The maximum Gasteiger partial charge on any atom is 0.106 e. The minimum absolute atomic E-state index is 0.179. The summed E-state index contributed by atoms with van der Waals surface area (Å²) in [7, 11) is 0. The summed E-state index contributed by atoms with van der Waals surface area (Å²) in [5.41, 5.74) is 10.0. The Balaban J connectivity index is 2.27. The van der Waals surface area contributed by atoms with Gasteiger partial charge in [-0.2, -0.15) is 0 Å². The van der Waals surface area contributed by atoms with E-state index in [1.165, 1.54) is 11.1 Å². The zero-order chi connectivity index (χ0) is 14.7. The normalized spacial score (nSPS) is 11.9. The number of rotatable bonds is 4. The van der Waals surface area contributed by atoms with Crippen LogP contribution >= 0.6 is 28.1 Å². The highest BCUT2D eigenvalue weighted by Gasteiger charge is 2.10. The number of nitrogens with two attached hydrogens (primary N) is 1. The molecule has 0 radical (unpaired) electrons. The first-order chi connectivity index (χ1) is 9.47. The van der Waals surface area contributed by atoms with Crippen LogP contribution in [0.4, 0.5) is 5.69 Å². The van der Waals surface area contributed by atoms with Crippen molar-refractivity contribution in [2.75, 3.05) is 5.32 Å². The summed E-state index contributed by atoms with van der Waals surface area (Å²) in [6.07, 6.45) is 0. The van der Waals surface area contributed by atoms with E-state index in [0.717, 1.165) is 15.7 Å². The molecule has 2 nitrogen and oxygen atoms in total. The molecule has 0 amide bonds. The second kappa shape index (κ2) is 6.37. The van der Waals surface area contributed by atoms with Crippen molar-refractivity contribution in [3.63, 3.8) is 0 Å². The second-order valence-corrected chi connectivity index (χ2v) is 6.19. The molecule has 0 aliphatic heterocycles. The minimum atomic E-state index is 0.179. The van der Waals surface area contributed by atoms with Crippen LogP contribution in [0.5, 0.6) is 0 Å². The maximum absolute atomic E-state index is 5.78. The van der Waals surface area contributed by atoms with Crippen molar-refractivity contribution >= 4 is 38.8 Å². The molecule has 2 aromatic carbocycles. The van der Waals surface area contributed by atoms with E-state index in [-0.39, 0.29) is 6.04 Å². The van der Waals surface area contributed by atoms with Gasteiger partial charge in [0.1, 0.15) is 4.99 Å². The van der Waals surface area contributed by atoms with E-state index in [9.17, 15) is 0 Å². The first-order valence-electron chi connectivity index (χ1n) is 6.40. The second-order valence-electron chi connectivity index (χ2n) is 4.83. The summed E-state index contributed by atoms with van der Waals surface area (Å²) in [6, 6.07) is 14.5. The topological polar surface area (TPSA) is 38.0 Å². The molecule has 0 fully saturated rings. The lowest BCUT2D eigenvalue weighted by molar-refractivity contribution is 0.883. The van der Waals surface area contributed by atoms with Crippen molar-refractivity contribution < 1.29 is 0 Å². The highest BCUT2D eigenvalue weighted by atomic mass is 79.9. The van der Waals surface area contributed by atoms with Gasteiger partial charge in [-0.25, -0.2) is 0 Å². The van der Waals surface area contributed by atoms with Crippen LogP contribution in [-0.4, -0.2) is 4.99 Å². The number of nitrogens with one attached hydrogen (secondary N) is 1. The molecule has 0 spiro atoms. The number of benzene rings is 2. The molecule has 2 rings (SSSR count). The van der Waals surface area contributed by atoms with Crippen LogP contribution in [0.1, 0.15) is 29.7 Å². The van der Waals surface area contributed by atoms with Crippen LogP contribution in [0.3, 0.4) is 0 Å². The molecule has 3 N–H and O–H groups in total. The quantitative estimate of drug-likeness (QED) is 0.795. The molecule has 0 saturated heterocycles. The van der Waals surface area contributed by atoms with Crippen LogP contribution in [-0.2, 0) is 0 Å². The Morgan fingerprint density at radius 3 is 2.45 bits per heavy atom. The van der Waals surface area contributed by atoms with Crippen molar-refractivity contribution in [2.24, 2.45) is 5.73 Å². The van der Waals surface area contributed by atoms with Crippen LogP contribution in [0.2, 0.25) is 0 Å². The lowest BCUT2D eigenvalue weighted by Gasteiger charge is -2.19. The third kappa shape index (κ3) is 3.58. The van der Waals surface area contributed by atoms with E-state index in [0.29, 0.717) is 4.99 Å². The molecule has 0 aromatic heterocycles. The van der Waals surface area contributed by atoms with Crippen LogP contribution < -0.4 is 11.1 Å². The molecule has 0 saturated carbocycles. The Morgan fingerprint density at radius 1 is 1.20 bits per heavy atom. The fraction of sp³-hybridized carbons (Fsp3) is 0.188. The van der Waals surface area contributed by atoms with Gasteiger partial charge >= 0.3 is 0 Å². The third-order valence-electron chi connectivity index (χ3n) is 3.18. The Bertz CT molecular complexity index is 623. The molecular weight excluding hydrogens is 332 g/mol. The smallest absolute Gasteiger partial charge is 0.106 e. The Labute approximate surface area is 133 Å². The average Bonchev–Trinajstić information content (AvgIpc) is 2.39. The number of halogens is 1. The lowest BCUT2D eigenvalue weighted by Crippen LogP contribution is -2.15. The van der Waals surface area contributed by atoms with Crippen LogP contribution in [0.15, 0.2) is 46.9 Å². The molecule has 0 bridgehead atoms. The van der Waals surface area contributed by atoms with E-state index in [2.05, 4.69) is 53.3 Å². The van der Waals surface area contributed by atoms with Gasteiger partial charge < -0.3 is 11.1 Å². The molecular formula is C16H17BrN2S. The number of anilines is 1. The van der Waals surface area contributed by atoms with Gasteiger partial charge in [-0.1, -0.05) is 46.3 Å². The highest BCUT2D eigenvalue weighted by molar-refractivity contribution is 9.10. The molecule has 0 aliphatic carbocycles. The van der Waals surface area contributed by atoms with Crippen molar-refractivity contribution in [3.8, 4) is 0 Å². The van der Waals surface area contributed by atoms with Gasteiger partial charge in [-0.3, -0.25) is 0 Å². The van der Waals surface area contributed by atoms with Gasteiger partial charge in [0.15, 0.2) is 0 Å². The molecule has 2 aromatic rings. The SMILES string of the molecule is Cc1ccc(C(N)=S)c(NC(C)c2ccc(Br)cc2)c1. The average molecular weight is 349 g/mol. The summed E-state index contributed by atoms with van der Waals surface area (Å²) in [5, 5.41) is 3.49. The van der Waals surface area contributed by atoms with E-state index in [4.69, 9.17) is 18.0 Å². The Hall–Kier alpha value is -1.39. The summed E-state index contributed by atoms with van der Waals surface area (Å²) >= 11 is 8.56. The van der Waals surface area contributed by atoms with Crippen LogP contribution in [0.25, 0.3) is 0 Å². The molecule has 104 valence electrons. The molecule has 1 unspecified atom stereocenters. The fourth-order valence-corrected chi connectivity index (χ4v) is 2.50. The summed E-state index contributed by atoms with van der Waals surface area (Å²) in [6.45, 7) is 4.17. The zero-order valence-corrected chi connectivity index (χ0v) is 13.9. The minimum Gasteiger partial charge on any atom is -0.389 e. The van der Waals surface area contributed by atoms with Gasteiger partial charge in [0.05, 0.1) is 0 Å². The van der Waals surface area contributed by atoms with Crippen molar-refractivity contribution in [1.82, 2.24) is 0 Å². The predicted molar refractivity (Wildman–Crippen MR) is 93.2 cm³/mol. The Kier molecular flexibility index (Phi) is 4.78. The van der Waals surface area contributed by atoms with Crippen LogP contribution in [0, 0.1) is 6.92 Å². The largest absolute Gasteiger partial charge is 0.389 e. The van der Waals surface area contributed by atoms with Crippen molar-refractivity contribution in [1.29, 1.82) is 0 Å². The van der Waals surface area contributed by atoms with Gasteiger partial charge in [-0.05, 0) is 49.2 Å². The number of thiocarbonyl (C=S) groups is 1. The van der Waals surface area contributed by atoms with Gasteiger partial charge in [0.25, 0.3) is 0 Å². The monoisotopic (exact) mass is 348 g/mol. The zero-order valence-electron chi connectivity index (χ0n) is 11.5. The van der Waals surface area contributed by atoms with Gasteiger partial charge in [-0.15, -0.1) is 0 Å². The van der Waals surface area contributed by atoms with Crippen molar-refractivity contribution in [3.05, 3.63) is 63.6 Å². The molecule has 0 aliphatic rings. The van der Waals surface area contributed by atoms with Gasteiger partial charge in [0.2, 0.25) is 0 Å². The molecule has 1 atom stereocenters. The first kappa shape index (κ1) is 15.0. The van der Waals surface area contributed by atoms with Crippen molar-refractivity contribution in [2.45, 2.75) is 19.9 Å². The predicted octanol–water partition coefficient (Wildman–Crippen LogP) is 4.56.